The van der Waals surface area contributed by atoms with E-state index in [1.807, 2.05) is 0 Å². The quantitative estimate of drug-likeness (QED) is 0.333. The summed E-state index contributed by atoms with van der Waals surface area (Å²) in [6, 6.07) is 0. The Kier molecular flexibility index (Phi) is 3.84. The molecular weight excluding hydrogens is 256 g/mol. The van der Waals surface area contributed by atoms with Crippen molar-refractivity contribution in [2.45, 2.75) is 25.7 Å². The number of alkyl halides is 1. The summed E-state index contributed by atoms with van der Waals surface area (Å²) >= 11 is 3.36. The first-order valence-electron chi connectivity index (χ1n) is 5.72. The van der Waals surface area contributed by atoms with Crippen molar-refractivity contribution < 1.29 is 9.53 Å². The van der Waals surface area contributed by atoms with Gasteiger partial charge in [0, 0.05) is 5.33 Å². The number of fused-ring (bicyclic) bond motifs is 2. The Labute approximate surface area is 99.2 Å². The fraction of sp³-hybridized carbons (Fsp3) is 0.750. The van der Waals surface area contributed by atoms with Gasteiger partial charge in [0.25, 0.3) is 0 Å². The molecule has 0 amide bonds. The highest BCUT2D eigenvalue weighted by atomic mass is 79.9. The molecule has 0 aromatic heterocycles. The van der Waals surface area contributed by atoms with Gasteiger partial charge in [-0.25, -0.2) is 0 Å². The van der Waals surface area contributed by atoms with E-state index in [1.165, 1.54) is 6.42 Å². The van der Waals surface area contributed by atoms with Gasteiger partial charge in [-0.05, 0) is 37.5 Å². The summed E-state index contributed by atoms with van der Waals surface area (Å²) in [7, 11) is 0. The number of rotatable bonds is 5. The second-order valence-electron chi connectivity index (χ2n) is 4.45. The van der Waals surface area contributed by atoms with Crippen LogP contribution in [-0.2, 0) is 9.53 Å². The molecule has 0 heterocycles. The summed E-state index contributed by atoms with van der Waals surface area (Å²) in [6.45, 7) is 0.585. The van der Waals surface area contributed by atoms with Crippen LogP contribution in [0.3, 0.4) is 0 Å². The summed E-state index contributed by atoms with van der Waals surface area (Å²) in [4.78, 5) is 11.7. The molecule has 0 saturated heterocycles. The Bertz CT molecular complexity index is 262. The van der Waals surface area contributed by atoms with Crippen molar-refractivity contribution >= 4 is 21.9 Å². The van der Waals surface area contributed by atoms with E-state index in [1.54, 1.807) is 0 Å². The molecule has 3 atom stereocenters. The van der Waals surface area contributed by atoms with Gasteiger partial charge in [-0.1, -0.05) is 28.1 Å². The topological polar surface area (TPSA) is 26.3 Å². The van der Waals surface area contributed by atoms with Crippen LogP contribution in [0.15, 0.2) is 12.2 Å². The molecule has 1 saturated carbocycles. The van der Waals surface area contributed by atoms with Crippen molar-refractivity contribution in [2.24, 2.45) is 17.8 Å². The van der Waals surface area contributed by atoms with Crippen LogP contribution in [0.2, 0.25) is 0 Å². The minimum absolute atomic E-state index is 0.0291. The first-order chi connectivity index (χ1) is 7.31. The zero-order valence-corrected chi connectivity index (χ0v) is 10.4. The average molecular weight is 273 g/mol. The lowest BCUT2D eigenvalue weighted by Crippen LogP contribution is -2.22. The van der Waals surface area contributed by atoms with Gasteiger partial charge >= 0.3 is 5.97 Å². The monoisotopic (exact) mass is 272 g/mol. The molecule has 2 bridgehead atoms. The maximum Gasteiger partial charge on any atom is 0.309 e. The van der Waals surface area contributed by atoms with E-state index >= 15 is 0 Å². The maximum absolute atomic E-state index is 11.7. The Morgan fingerprint density at radius 1 is 1.33 bits per heavy atom. The van der Waals surface area contributed by atoms with Gasteiger partial charge in [-0.15, -0.1) is 0 Å². The lowest BCUT2D eigenvalue weighted by molar-refractivity contribution is -0.149. The number of hydrogen-bond acceptors (Lipinski definition) is 2. The largest absolute Gasteiger partial charge is 0.465 e. The van der Waals surface area contributed by atoms with Gasteiger partial charge in [0.15, 0.2) is 0 Å². The third-order valence-electron chi connectivity index (χ3n) is 3.35. The Morgan fingerprint density at radius 3 is 2.80 bits per heavy atom. The van der Waals surface area contributed by atoms with Crippen molar-refractivity contribution in [1.82, 2.24) is 0 Å². The molecule has 0 aromatic rings. The van der Waals surface area contributed by atoms with Crippen molar-refractivity contribution in [2.75, 3.05) is 11.9 Å². The highest BCUT2D eigenvalue weighted by Crippen LogP contribution is 2.43. The van der Waals surface area contributed by atoms with Crippen LogP contribution in [0.1, 0.15) is 25.7 Å². The van der Waals surface area contributed by atoms with Crippen LogP contribution in [0, 0.1) is 17.8 Å². The zero-order valence-electron chi connectivity index (χ0n) is 8.82. The molecule has 2 nitrogen and oxygen atoms in total. The van der Waals surface area contributed by atoms with Crippen molar-refractivity contribution in [3.05, 3.63) is 12.2 Å². The summed E-state index contributed by atoms with van der Waals surface area (Å²) in [5, 5.41) is 0.988. The molecule has 0 radical (unpaired) electrons. The predicted molar refractivity (Wildman–Crippen MR) is 62.8 cm³/mol. The number of unbranched alkanes of at least 4 members (excludes halogenated alkanes) is 1. The molecule has 0 spiro atoms. The number of halogens is 1. The highest BCUT2D eigenvalue weighted by molar-refractivity contribution is 9.09. The van der Waals surface area contributed by atoms with Crippen molar-refractivity contribution in [3.63, 3.8) is 0 Å². The number of hydrogen-bond donors (Lipinski definition) is 0. The molecule has 2 aliphatic rings. The SMILES string of the molecule is O=C(OCCCCBr)C1CC2C=CC1C2. The molecule has 84 valence electrons. The van der Waals surface area contributed by atoms with Gasteiger partial charge in [0.1, 0.15) is 0 Å². The van der Waals surface area contributed by atoms with Crippen LogP contribution in [0.4, 0.5) is 0 Å². The first kappa shape index (κ1) is 11.2. The smallest absolute Gasteiger partial charge is 0.309 e. The van der Waals surface area contributed by atoms with Crippen LogP contribution in [0.5, 0.6) is 0 Å². The fourth-order valence-corrected chi connectivity index (χ4v) is 2.92. The van der Waals surface area contributed by atoms with Gasteiger partial charge < -0.3 is 4.74 Å². The summed E-state index contributed by atoms with van der Waals surface area (Å²) < 4.78 is 5.29. The zero-order chi connectivity index (χ0) is 10.7. The van der Waals surface area contributed by atoms with Crippen molar-refractivity contribution in [1.29, 1.82) is 0 Å². The first-order valence-corrected chi connectivity index (χ1v) is 6.84. The van der Waals surface area contributed by atoms with E-state index in [0.29, 0.717) is 18.4 Å². The van der Waals surface area contributed by atoms with Crippen LogP contribution in [0.25, 0.3) is 0 Å². The normalized spacial score (nSPS) is 32.2. The number of carbonyl (C=O) groups is 1. The summed E-state index contributed by atoms with van der Waals surface area (Å²) in [6.07, 6.45) is 8.66. The molecule has 3 heteroatoms. The second-order valence-corrected chi connectivity index (χ2v) is 5.24. The maximum atomic E-state index is 11.7. The standard InChI is InChI=1S/C12H17BrO2/c13-5-1-2-6-15-12(14)11-8-9-3-4-10(11)7-9/h3-4,9-11H,1-2,5-8H2. The Hall–Kier alpha value is -0.310. The van der Waals surface area contributed by atoms with Gasteiger partial charge in [-0.3, -0.25) is 4.79 Å². The molecule has 2 aliphatic carbocycles. The fourth-order valence-electron chi connectivity index (χ4n) is 2.53. The molecule has 0 aliphatic heterocycles. The number of esters is 1. The molecule has 15 heavy (non-hydrogen) atoms. The molecule has 0 aromatic carbocycles. The van der Waals surface area contributed by atoms with Crippen LogP contribution in [-0.4, -0.2) is 17.9 Å². The van der Waals surface area contributed by atoms with E-state index in [2.05, 4.69) is 28.1 Å². The van der Waals surface area contributed by atoms with E-state index in [-0.39, 0.29) is 11.9 Å². The average Bonchev–Trinajstić information content (AvgIpc) is 2.85. The number of carbonyl (C=O) groups excluding carboxylic acids is 1. The third kappa shape index (κ3) is 2.63. The Morgan fingerprint density at radius 2 is 2.20 bits per heavy atom. The second kappa shape index (κ2) is 5.15. The lowest BCUT2D eigenvalue weighted by Gasteiger charge is -2.16. The molecule has 0 N–H and O–H groups in total. The predicted octanol–water partition coefficient (Wildman–Crippen LogP) is 2.92. The number of allylic oxidation sites excluding steroid dienone is 2. The summed E-state index contributed by atoms with van der Waals surface area (Å²) in [5.41, 5.74) is 0. The van der Waals surface area contributed by atoms with E-state index in [4.69, 9.17) is 4.74 Å². The van der Waals surface area contributed by atoms with Gasteiger partial charge in [0.2, 0.25) is 0 Å². The number of ether oxygens (including phenoxy) is 1. The van der Waals surface area contributed by atoms with E-state index in [0.717, 1.165) is 24.6 Å². The van der Waals surface area contributed by atoms with Crippen LogP contribution >= 0.6 is 15.9 Å². The minimum atomic E-state index is 0.0291. The summed E-state index contributed by atoms with van der Waals surface area (Å²) in [5.74, 6) is 1.30. The third-order valence-corrected chi connectivity index (χ3v) is 3.91. The van der Waals surface area contributed by atoms with Gasteiger partial charge in [-0.2, -0.15) is 0 Å². The lowest BCUT2D eigenvalue weighted by atomic mass is 9.94. The molecule has 3 unspecified atom stereocenters. The van der Waals surface area contributed by atoms with Crippen LogP contribution < -0.4 is 0 Å². The minimum Gasteiger partial charge on any atom is -0.465 e. The van der Waals surface area contributed by atoms with Gasteiger partial charge in [0.05, 0.1) is 12.5 Å². The molecule has 1 fully saturated rings. The molecular formula is C12H17BrO2. The Balaban J connectivity index is 1.70. The van der Waals surface area contributed by atoms with E-state index < -0.39 is 0 Å². The van der Waals surface area contributed by atoms with Crippen molar-refractivity contribution in [3.8, 4) is 0 Å². The highest BCUT2D eigenvalue weighted by Gasteiger charge is 2.40. The molecule has 2 rings (SSSR count). The van der Waals surface area contributed by atoms with E-state index in [9.17, 15) is 4.79 Å².